The molecule has 2 rings (SSSR count). The van der Waals surface area contributed by atoms with Crippen molar-refractivity contribution in [3.63, 3.8) is 0 Å². The fraction of sp³-hybridized carbons (Fsp3) is 0.0833. The predicted molar refractivity (Wildman–Crippen MR) is 63.2 cm³/mol. The van der Waals surface area contributed by atoms with E-state index in [-0.39, 0.29) is 0 Å². The minimum atomic E-state index is -1.25. The number of aliphatic hydroxyl groups is 1. The van der Waals surface area contributed by atoms with Crippen molar-refractivity contribution in [2.75, 3.05) is 0 Å². The molecule has 0 bridgehead atoms. The number of hydrogen-bond acceptors (Lipinski definition) is 3. The van der Waals surface area contributed by atoms with Gasteiger partial charge in [0.25, 0.3) is 0 Å². The number of rotatable bonds is 3. The van der Waals surface area contributed by atoms with E-state index in [0.717, 1.165) is 23.5 Å². The number of nitrogens with zero attached hydrogens (tertiary/aromatic N) is 1. The van der Waals surface area contributed by atoms with Crippen LogP contribution in [0.3, 0.4) is 0 Å². The molecule has 0 aliphatic rings. The monoisotopic (exact) mass is 235 g/mol. The molecule has 0 aliphatic carbocycles. The summed E-state index contributed by atoms with van der Waals surface area (Å²) in [7, 11) is 0. The van der Waals surface area contributed by atoms with Gasteiger partial charge in [-0.2, -0.15) is 0 Å². The Labute approximate surface area is 96.7 Å². The normalized spacial score (nSPS) is 13.1. The standard InChI is InChI=1S/C12H10FNOS/c13-11(3-5-15)12-6-10(8-16-12)9-2-1-4-14-7-9/h1-8,11,15H/b5-3-. The Bertz CT molecular complexity index is 481. The van der Waals surface area contributed by atoms with E-state index < -0.39 is 6.17 Å². The maximum atomic E-state index is 13.4. The Balaban J connectivity index is 2.26. The Kier molecular flexibility index (Phi) is 3.31. The smallest absolute Gasteiger partial charge is 0.156 e. The van der Waals surface area contributed by atoms with Crippen LogP contribution in [0.5, 0.6) is 0 Å². The van der Waals surface area contributed by atoms with E-state index in [1.54, 1.807) is 18.5 Å². The summed E-state index contributed by atoms with van der Waals surface area (Å²) in [5.41, 5.74) is 1.91. The van der Waals surface area contributed by atoms with E-state index in [1.807, 2.05) is 17.5 Å². The van der Waals surface area contributed by atoms with Crippen molar-refractivity contribution in [3.05, 3.63) is 53.2 Å². The molecule has 2 heterocycles. The van der Waals surface area contributed by atoms with Gasteiger partial charge in [0.2, 0.25) is 0 Å². The predicted octanol–water partition coefficient (Wildman–Crippen LogP) is 3.89. The van der Waals surface area contributed by atoms with Crippen LogP contribution < -0.4 is 0 Å². The Morgan fingerprint density at radius 3 is 3.00 bits per heavy atom. The van der Waals surface area contributed by atoms with Crippen LogP contribution in [0.2, 0.25) is 0 Å². The van der Waals surface area contributed by atoms with Gasteiger partial charge >= 0.3 is 0 Å². The number of thiophene rings is 1. The summed E-state index contributed by atoms with van der Waals surface area (Å²) in [5, 5.41) is 10.4. The van der Waals surface area contributed by atoms with E-state index in [4.69, 9.17) is 5.11 Å². The summed E-state index contributed by atoms with van der Waals surface area (Å²) < 4.78 is 13.4. The van der Waals surface area contributed by atoms with Gasteiger partial charge in [0.15, 0.2) is 6.17 Å². The number of hydrogen-bond donors (Lipinski definition) is 1. The van der Waals surface area contributed by atoms with Crippen molar-refractivity contribution in [2.24, 2.45) is 0 Å². The fourth-order valence-corrected chi connectivity index (χ4v) is 2.22. The van der Waals surface area contributed by atoms with E-state index in [9.17, 15) is 4.39 Å². The third-order valence-electron chi connectivity index (χ3n) is 2.14. The quantitative estimate of drug-likeness (QED) is 0.818. The van der Waals surface area contributed by atoms with Gasteiger partial charge in [-0.1, -0.05) is 6.07 Å². The lowest BCUT2D eigenvalue weighted by Gasteiger charge is -1.97. The van der Waals surface area contributed by atoms with E-state index in [2.05, 4.69) is 4.98 Å². The number of alkyl halides is 1. The molecule has 1 unspecified atom stereocenters. The number of aromatic nitrogens is 1. The zero-order chi connectivity index (χ0) is 11.4. The summed E-state index contributed by atoms with van der Waals surface area (Å²) in [4.78, 5) is 4.58. The van der Waals surface area contributed by atoms with E-state index in [0.29, 0.717) is 4.88 Å². The molecule has 1 N–H and O–H groups in total. The van der Waals surface area contributed by atoms with E-state index in [1.165, 1.54) is 11.3 Å². The molecule has 2 aromatic rings. The minimum Gasteiger partial charge on any atom is -0.516 e. The molecule has 2 nitrogen and oxygen atoms in total. The summed E-state index contributed by atoms with van der Waals surface area (Å²) in [6, 6.07) is 5.54. The molecule has 0 spiro atoms. The van der Waals surface area contributed by atoms with Gasteiger partial charge in [0, 0.05) is 22.8 Å². The first-order chi connectivity index (χ1) is 7.81. The molecule has 0 aromatic carbocycles. The first kappa shape index (κ1) is 10.8. The highest BCUT2D eigenvalue weighted by Gasteiger charge is 2.10. The lowest BCUT2D eigenvalue weighted by Crippen LogP contribution is -1.81. The Morgan fingerprint density at radius 2 is 2.31 bits per heavy atom. The van der Waals surface area contributed by atoms with Gasteiger partial charge in [-0.25, -0.2) is 4.39 Å². The molecule has 0 aliphatic heterocycles. The van der Waals surface area contributed by atoms with Crippen LogP contribution in [0.4, 0.5) is 4.39 Å². The van der Waals surface area contributed by atoms with Gasteiger partial charge in [-0.15, -0.1) is 11.3 Å². The zero-order valence-corrected chi connectivity index (χ0v) is 9.19. The van der Waals surface area contributed by atoms with Crippen LogP contribution in [0, 0.1) is 0 Å². The topological polar surface area (TPSA) is 33.1 Å². The molecule has 4 heteroatoms. The molecule has 2 aromatic heterocycles. The van der Waals surface area contributed by atoms with Crippen molar-refractivity contribution >= 4 is 11.3 Å². The van der Waals surface area contributed by atoms with Gasteiger partial charge in [-0.05, 0) is 29.2 Å². The van der Waals surface area contributed by atoms with Gasteiger partial charge in [-0.3, -0.25) is 4.98 Å². The molecular formula is C12H10FNOS. The average molecular weight is 235 g/mol. The SMILES string of the molecule is O/C=C\C(F)c1cc(-c2cccnc2)cs1. The molecule has 0 saturated carbocycles. The fourth-order valence-electron chi connectivity index (χ4n) is 1.35. The second kappa shape index (κ2) is 4.90. The Hall–Kier alpha value is -1.68. The first-order valence-corrected chi connectivity index (χ1v) is 5.63. The Morgan fingerprint density at radius 1 is 1.44 bits per heavy atom. The second-order valence-electron chi connectivity index (χ2n) is 3.22. The number of aliphatic hydroxyl groups excluding tert-OH is 1. The molecule has 0 fully saturated rings. The molecule has 0 amide bonds. The lowest BCUT2D eigenvalue weighted by molar-refractivity contribution is 0.401. The largest absolute Gasteiger partial charge is 0.516 e. The van der Waals surface area contributed by atoms with Gasteiger partial charge < -0.3 is 5.11 Å². The van der Waals surface area contributed by atoms with Crippen molar-refractivity contribution in [3.8, 4) is 11.1 Å². The number of halogens is 1. The molecule has 0 saturated heterocycles. The van der Waals surface area contributed by atoms with E-state index >= 15 is 0 Å². The van der Waals surface area contributed by atoms with Crippen molar-refractivity contribution in [1.82, 2.24) is 4.98 Å². The molecule has 1 atom stereocenters. The zero-order valence-electron chi connectivity index (χ0n) is 8.38. The number of pyridine rings is 1. The molecular weight excluding hydrogens is 225 g/mol. The molecule has 82 valence electrons. The van der Waals surface area contributed by atoms with Crippen LogP contribution in [0.25, 0.3) is 11.1 Å². The average Bonchev–Trinajstić information content (AvgIpc) is 2.80. The highest BCUT2D eigenvalue weighted by Crippen LogP contribution is 2.31. The summed E-state index contributed by atoms with van der Waals surface area (Å²) in [6.45, 7) is 0. The summed E-state index contributed by atoms with van der Waals surface area (Å²) in [6.07, 6.45) is 4.03. The highest BCUT2D eigenvalue weighted by atomic mass is 32.1. The molecule has 0 radical (unpaired) electrons. The van der Waals surface area contributed by atoms with Crippen molar-refractivity contribution < 1.29 is 9.50 Å². The van der Waals surface area contributed by atoms with Crippen molar-refractivity contribution in [2.45, 2.75) is 6.17 Å². The van der Waals surface area contributed by atoms with Gasteiger partial charge in [0.05, 0.1) is 6.26 Å². The van der Waals surface area contributed by atoms with Crippen LogP contribution >= 0.6 is 11.3 Å². The minimum absolute atomic E-state index is 0.573. The molecule has 16 heavy (non-hydrogen) atoms. The van der Waals surface area contributed by atoms with Crippen LogP contribution in [-0.4, -0.2) is 10.1 Å². The maximum Gasteiger partial charge on any atom is 0.156 e. The summed E-state index contributed by atoms with van der Waals surface area (Å²) >= 11 is 1.33. The third kappa shape index (κ3) is 2.28. The summed E-state index contributed by atoms with van der Waals surface area (Å²) in [5.74, 6) is 0. The van der Waals surface area contributed by atoms with Crippen LogP contribution in [0.1, 0.15) is 11.0 Å². The second-order valence-corrected chi connectivity index (χ2v) is 4.17. The van der Waals surface area contributed by atoms with Crippen LogP contribution in [0.15, 0.2) is 48.3 Å². The lowest BCUT2D eigenvalue weighted by atomic mass is 10.1. The van der Waals surface area contributed by atoms with Crippen molar-refractivity contribution in [1.29, 1.82) is 0 Å². The highest BCUT2D eigenvalue weighted by molar-refractivity contribution is 7.10. The maximum absolute atomic E-state index is 13.4. The first-order valence-electron chi connectivity index (χ1n) is 4.75. The third-order valence-corrected chi connectivity index (χ3v) is 3.13. The number of allylic oxidation sites excluding steroid dienone is 1. The van der Waals surface area contributed by atoms with Gasteiger partial charge in [0.1, 0.15) is 0 Å². The van der Waals surface area contributed by atoms with Crippen LogP contribution in [-0.2, 0) is 0 Å².